The van der Waals surface area contributed by atoms with Crippen molar-refractivity contribution in [3.8, 4) is 22.8 Å². The van der Waals surface area contributed by atoms with E-state index in [2.05, 4.69) is 5.10 Å². The standard InChI is InChI=1S/C13H11FN2O4/c1-16-10(6-9(15-16)13(17)18)7-2-3-8(14)12-11(7)19-4-5-20-12/h2-3,6H,4-5H2,1H3,(H,17,18). The molecule has 0 saturated carbocycles. The third kappa shape index (κ3) is 1.87. The number of halogens is 1. The van der Waals surface area contributed by atoms with Crippen molar-refractivity contribution in [1.82, 2.24) is 9.78 Å². The number of nitrogens with zero attached hydrogens (tertiary/aromatic N) is 2. The van der Waals surface area contributed by atoms with Gasteiger partial charge >= 0.3 is 5.97 Å². The molecule has 2 heterocycles. The van der Waals surface area contributed by atoms with Crippen molar-refractivity contribution in [1.29, 1.82) is 0 Å². The maximum atomic E-state index is 13.7. The third-order valence-corrected chi connectivity index (χ3v) is 3.02. The van der Waals surface area contributed by atoms with Crippen LogP contribution >= 0.6 is 0 Å². The number of aryl methyl sites for hydroxylation is 1. The number of carboxylic acids is 1. The number of carbonyl (C=O) groups is 1. The van der Waals surface area contributed by atoms with Crippen LogP contribution < -0.4 is 9.47 Å². The van der Waals surface area contributed by atoms with Crippen molar-refractivity contribution in [3.05, 3.63) is 29.7 Å². The van der Waals surface area contributed by atoms with E-state index in [1.807, 2.05) is 0 Å². The van der Waals surface area contributed by atoms with Gasteiger partial charge in [-0.2, -0.15) is 5.10 Å². The molecular formula is C13H11FN2O4. The van der Waals surface area contributed by atoms with E-state index in [-0.39, 0.29) is 23.8 Å². The van der Waals surface area contributed by atoms with Gasteiger partial charge in [-0.1, -0.05) is 0 Å². The number of aromatic nitrogens is 2. The van der Waals surface area contributed by atoms with Crippen LogP contribution in [0.5, 0.6) is 11.5 Å². The Bertz CT molecular complexity index is 696. The number of fused-ring (bicyclic) bond motifs is 1. The number of benzene rings is 1. The number of hydrogen-bond donors (Lipinski definition) is 1. The highest BCUT2D eigenvalue weighted by molar-refractivity contribution is 5.87. The Morgan fingerprint density at radius 1 is 1.35 bits per heavy atom. The smallest absolute Gasteiger partial charge is 0.356 e. The summed E-state index contributed by atoms with van der Waals surface area (Å²) in [5.74, 6) is -1.31. The predicted octanol–water partition coefficient (Wildman–Crippen LogP) is 1.70. The summed E-state index contributed by atoms with van der Waals surface area (Å²) in [5.41, 5.74) is 0.977. The molecule has 0 aliphatic carbocycles. The topological polar surface area (TPSA) is 73.6 Å². The summed E-state index contributed by atoms with van der Waals surface area (Å²) in [7, 11) is 1.61. The first kappa shape index (κ1) is 12.5. The highest BCUT2D eigenvalue weighted by Gasteiger charge is 2.24. The van der Waals surface area contributed by atoms with E-state index in [9.17, 15) is 9.18 Å². The molecule has 1 aromatic carbocycles. The number of aromatic carboxylic acids is 1. The molecule has 2 aromatic rings. The van der Waals surface area contributed by atoms with E-state index in [0.29, 0.717) is 17.9 Å². The lowest BCUT2D eigenvalue weighted by atomic mass is 10.1. The van der Waals surface area contributed by atoms with Crippen LogP contribution in [-0.4, -0.2) is 34.1 Å². The number of ether oxygens (including phenoxy) is 2. The Balaban J connectivity index is 2.18. The normalized spacial score (nSPS) is 13.3. The van der Waals surface area contributed by atoms with Crippen LogP contribution in [0.1, 0.15) is 10.5 Å². The lowest BCUT2D eigenvalue weighted by molar-refractivity contribution is 0.0689. The van der Waals surface area contributed by atoms with E-state index >= 15 is 0 Å². The van der Waals surface area contributed by atoms with Crippen molar-refractivity contribution < 1.29 is 23.8 Å². The minimum Gasteiger partial charge on any atom is -0.485 e. The van der Waals surface area contributed by atoms with Gasteiger partial charge in [0.15, 0.2) is 23.0 Å². The zero-order chi connectivity index (χ0) is 14.3. The average Bonchev–Trinajstić information content (AvgIpc) is 2.82. The molecule has 104 valence electrons. The van der Waals surface area contributed by atoms with Crippen molar-refractivity contribution >= 4 is 5.97 Å². The predicted molar refractivity (Wildman–Crippen MR) is 66.6 cm³/mol. The average molecular weight is 278 g/mol. The van der Waals surface area contributed by atoms with Gasteiger partial charge in [0.2, 0.25) is 0 Å². The van der Waals surface area contributed by atoms with Gasteiger partial charge in [-0.25, -0.2) is 9.18 Å². The minimum atomic E-state index is -1.13. The summed E-state index contributed by atoms with van der Waals surface area (Å²) >= 11 is 0. The Hall–Kier alpha value is -2.57. The van der Waals surface area contributed by atoms with Crippen molar-refractivity contribution in [3.63, 3.8) is 0 Å². The molecule has 1 aromatic heterocycles. The first-order valence-corrected chi connectivity index (χ1v) is 5.93. The maximum Gasteiger partial charge on any atom is 0.356 e. The maximum absolute atomic E-state index is 13.7. The zero-order valence-electron chi connectivity index (χ0n) is 10.6. The molecule has 0 radical (unpaired) electrons. The molecular weight excluding hydrogens is 267 g/mol. The molecule has 6 nitrogen and oxygen atoms in total. The Kier molecular flexibility index (Phi) is 2.81. The van der Waals surface area contributed by atoms with Crippen LogP contribution in [0, 0.1) is 5.82 Å². The summed E-state index contributed by atoms with van der Waals surface area (Å²) in [5, 5.41) is 12.8. The second kappa shape index (κ2) is 4.52. The van der Waals surface area contributed by atoms with Gasteiger partial charge < -0.3 is 14.6 Å². The van der Waals surface area contributed by atoms with Gasteiger partial charge in [0.1, 0.15) is 13.2 Å². The molecule has 0 fully saturated rings. The van der Waals surface area contributed by atoms with E-state index in [1.165, 1.54) is 22.9 Å². The second-order valence-corrected chi connectivity index (χ2v) is 4.29. The van der Waals surface area contributed by atoms with Gasteiger partial charge in [0.05, 0.1) is 5.69 Å². The van der Waals surface area contributed by atoms with Crippen LogP contribution in [0.25, 0.3) is 11.3 Å². The minimum absolute atomic E-state index is 0.0480. The Labute approximate surface area is 113 Å². The molecule has 0 bridgehead atoms. The molecule has 0 unspecified atom stereocenters. The Morgan fingerprint density at radius 2 is 2.05 bits per heavy atom. The third-order valence-electron chi connectivity index (χ3n) is 3.02. The summed E-state index contributed by atoms with van der Waals surface area (Å²) < 4.78 is 25.8. The van der Waals surface area contributed by atoms with E-state index in [0.717, 1.165) is 0 Å². The highest BCUT2D eigenvalue weighted by Crippen LogP contribution is 2.41. The molecule has 0 atom stereocenters. The first-order valence-electron chi connectivity index (χ1n) is 5.93. The number of hydrogen-bond acceptors (Lipinski definition) is 4. The fourth-order valence-electron chi connectivity index (χ4n) is 2.13. The number of rotatable bonds is 2. The van der Waals surface area contributed by atoms with Crippen molar-refractivity contribution in [2.75, 3.05) is 13.2 Å². The summed E-state index contributed by atoms with van der Waals surface area (Å²) in [6.07, 6.45) is 0. The van der Waals surface area contributed by atoms with Crippen LogP contribution in [0.2, 0.25) is 0 Å². The zero-order valence-corrected chi connectivity index (χ0v) is 10.6. The molecule has 20 heavy (non-hydrogen) atoms. The van der Waals surface area contributed by atoms with E-state index < -0.39 is 11.8 Å². The van der Waals surface area contributed by atoms with Gasteiger partial charge in [-0.05, 0) is 18.2 Å². The summed E-state index contributed by atoms with van der Waals surface area (Å²) in [6, 6.07) is 4.19. The van der Waals surface area contributed by atoms with E-state index in [4.69, 9.17) is 14.6 Å². The van der Waals surface area contributed by atoms with Crippen molar-refractivity contribution in [2.24, 2.45) is 7.05 Å². The Morgan fingerprint density at radius 3 is 2.70 bits per heavy atom. The van der Waals surface area contributed by atoms with Gasteiger partial charge in [0.25, 0.3) is 0 Å². The molecule has 1 aliphatic rings. The van der Waals surface area contributed by atoms with Crippen LogP contribution in [0.3, 0.4) is 0 Å². The lowest BCUT2D eigenvalue weighted by Crippen LogP contribution is -2.17. The van der Waals surface area contributed by atoms with E-state index in [1.54, 1.807) is 7.05 Å². The molecule has 0 saturated heterocycles. The second-order valence-electron chi connectivity index (χ2n) is 4.29. The fraction of sp³-hybridized carbons (Fsp3) is 0.231. The summed E-state index contributed by atoms with van der Waals surface area (Å²) in [6.45, 7) is 0.590. The lowest BCUT2D eigenvalue weighted by Gasteiger charge is -2.21. The van der Waals surface area contributed by atoms with Crippen LogP contribution in [-0.2, 0) is 7.05 Å². The molecule has 1 N–H and O–H groups in total. The molecule has 1 aliphatic heterocycles. The van der Waals surface area contributed by atoms with Crippen LogP contribution in [0.15, 0.2) is 18.2 Å². The van der Waals surface area contributed by atoms with Gasteiger partial charge in [0, 0.05) is 12.6 Å². The highest BCUT2D eigenvalue weighted by atomic mass is 19.1. The molecule has 3 rings (SSSR count). The van der Waals surface area contributed by atoms with Gasteiger partial charge in [-0.15, -0.1) is 0 Å². The fourth-order valence-corrected chi connectivity index (χ4v) is 2.13. The van der Waals surface area contributed by atoms with Crippen molar-refractivity contribution in [2.45, 2.75) is 0 Å². The largest absolute Gasteiger partial charge is 0.485 e. The summed E-state index contributed by atoms with van der Waals surface area (Å²) in [4.78, 5) is 10.9. The molecule has 0 spiro atoms. The van der Waals surface area contributed by atoms with Gasteiger partial charge in [-0.3, -0.25) is 4.68 Å². The number of carboxylic acid groups (broad SMARTS) is 1. The van der Waals surface area contributed by atoms with Crippen LogP contribution in [0.4, 0.5) is 4.39 Å². The quantitative estimate of drug-likeness (QED) is 0.905. The SMILES string of the molecule is Cn1nc(C(=O)O)cc1-c1ccc(F)c2c1OCCO2. The monoisotopic (exact) mass is 278 g/mol. The molecule has 7 heteroatoms. The first-order chi connectivity index (χ1) is 9.58. The molecule has 0 amide bonds.